The summed E-state index contributed by atoms with van der Waals surface area (Å²) in [5.74, 6) is -2.14. The molecule has 0 spiro atoms. The minimum Gasteiger partial charge on any atom is -0.406 e. The fourth-order valence-electron chi connectivity index (χ4n) is 4.49. The number of hydrogen-bond acceptors (Lipinski definition) is 9. The Balaban J connectivity index is 1.56. The Hall–Kier alpha value is -4.65. The summed E-state index contributed by atoms with van der Waals surface area (Å²) in [5, 5.41) is 13.2. The molecule has 2 aromatic carbocycles. The maximum Gasteiger partial charge on any atom is 0.573 e. The van der Waals surface area contributed by atoms with Crippen LogP contribution < -0.4 is 25.0 Å². The molecule has 1 atom stereocenters. The van der Waals surface area contributed by atoms with Gasteiger partial charge >= 0.3 is 12.7 Å². The SMILES string of the molecule is CC(C)NC(=O)c1ccc(N2CCN(S(=O)(=O)c3ccc(OC(F)(F)F)cc3)[C@@H](C(=O)NCc3ccc(OC(F)(F)F)cc3)C2)nn1. The number of anilines is 1. The highest BCUT2D eigenvalue weighted by molar-refractivity contribution is 7.89. The van der Waals surface area contributed by atoms with Crippen LogP contribution in [0.5, 0.6) is 11.5 Å². The molecule has 3 aromatic rings. The van der Waals surface area contributed by atoms with Crippen molar-refractivity contribution in [1.29, 1.82) is 0 Å². The Labute approximate surface area is 264 Å². The van der Waals surface area contributed by atoms with E-state index in [9.17, 15) is 44.3 Å². The number of carbonyl (C=O) groups excluding carboxylic acids is 2. The smallest absolute Gasteiger partial charge is 0.406 e. The summed E-state index contributed by atoms with van der Waals surface area (Å²) in [6, 6.07) is 9.45. The second-order valence-corrected chi connectivity index (χ2v) is 12.3. The summed E-state index contributed by atoms with van der Waals surface area (Å²) in [4.78, 5) is 26.9. The molecule has 1 fully saturated rings. The van der Waals surface area contributed by atoms with Gasteiger partial charge < -0.3 is 25.0 Å². The van der Waals surface area contributed by atoms with Crippen LogP contribution in [0, 0.1) is 0 Å². The van der Waals surface area contributed by atoms with Crippen molar-refractivity contribution in [2.45, 2.75) is 50.1 Å². The van der Waals surface area contributed by atoms with Crippen LogP contribution >= 0.6 is 0 Å². The zero-order chi connectivity index (χ0) is 34.6. The number of benzene rings is 2. The summed E-state index contributed by atoms with van der Waals surface area (Å²) in [5.41, 5.74) is 0.402. The molecule has 2 heterocycles. The Morgan fingerprint density at radius 3 is 1.96 bits per heavy atom. The van der Waals surface area contributed by atoms with Gasteiger partial charge in [0.15, 0.2) is 11.5 Å². The van der Waals surface area contributed by atoms with E-state index in [2.05, 4.69) is 30.3 Å². The van der Waals surface area contributed by atoms with E-state index in [0.717, 1.165) is 40.7 Å². The third-order valence-electron chi connectivity index (χ3n) is 6.55. The van der Waals surface area contributed by atoms with E-state index in [1.807, 2.05) is 0 Å². The van der Waals surface area contributed by atoms with Crippen LogP contribution in [0.15, 0.2) is 65.6 Å². The van der Waals surface area contributed by atoms with E-state index in [0.29, 0.717) is 5.56 Å². The highest BCUT2D eigenvalue weighted by Crippen LogP contribution is 2.28. The number of nitrogens with zero attached hydrogens (tertiary/aromatic N) is 4. The highest BCUT2D eigenvalue weighted by Gasteiger charge is 2.41. The van der Waals surface area contributed by atoms with E-state index in [1.165, 1.54) is 24.3 Å². The lowest BCUT2D eigenvalue weighted by Crippen LogP contribution is -2.60. The van der Waals surface area contributed by atoms with Crippen LogP contribution in [0.1, 0.15) is 29.9 Å². The Kier molecular flexibility index (Phi) is 10.5. The summed E-state index contributed by atoms with van der Waals surface area (Å²) in [6.45, 7) is 2.84. The second kappa shape index (κ2) is 14.0. The summed E-state index contributed by atoms with van der Waals surface area (Å²) in [6.07, 6.45) is -9.89. The predicted molar refractivity (Wildman–Crippen MR) is 153 cm³/mol. The molecule has 0 unspecified atom stereocenters. The van der Waals surface area contributed by atoms with Gasteiger partial charge in [-0.1, -0.05) is 12.1 Å². The number of ether oxygens (including phenoxy) is 2. The largest absolute Gasteiger partial charge is 0.573 e. The normalized spacial score (nSPS) is 16.1. The van der Waals surface area contributed by atoms with Crippen molar-refractivity contribution >= 4 is 27.7 Å². The number of sulfonamides is 1. The van der Waals surface area contributed by atoms with Gasteiger partial charge in [0.1, 0.15) is 17.5 Å². The van der Waals surface area contributed by atoms with Gasteiger partial charge in [0, 0.05) is 32.2 Å². The number of carbonyl (C=O) groups is 2. The number of rotatable bonds is 10. The standard InChI is InChI=1S/C28H28F6N6O6S/c1-17(2)36-25(41)22-11-12-24(38-37-22)39-13-14-40(47(43,44)21-9-7-20(8-10-21)46-28(32,33)34)23(16-39)26(42)35-15-18-3-5-19(6-4-18)45-27(29,30)31/h3-12,17,23H,13-16H2,1-2H3,(H,35,42)(H,36,41)/t23-/m1/s1. The van der Waals surface area contributed by atoms with Crippen molar-refractivity contribution in [3.63, 3.8) is 0 Å². The average molecular weight is 691 g/mol. The Bertz CT molecular complexity index is 1650. The Morgan fingerprint density at radius 2 is 1.45 bits per heavy atom. The molecule has 1 saturated heterocycles. The van der Waals surface area contributed by atoms with Crippen molar-refractivity contribution in [3.8, 4) is 11.5 Å². The van der Waals surface area contributed by atoms with Gasteiger partial charge in [-0.3, -0.25) is 9.59 Å². The molecule has 4 rings (SSSR count). The number of nitrogens with one attached hydrogen (secondary N) is 2. The first-order valence-corrected chi connectivity index (χ1v) is 15.2. The number of aromatic nitrogens is 2. The molecular weight excluding hydrogens is 662 g/mol. The summed E-state index contributed by atoms with van der Waals surface area (Å²) in [7, 11) is -4.46. The topological polar surface area (TPSA) is 143 Å². The lowest BCUT2D eigenvalue weighted by atomic mass is 10.1. The Morgan fingerprint density at radius 1 is 0.872 bits per heavy atom. The number of halogens is 6. The quantitative estimate of drug-likeness (QED) is 0.305. The minimum atomic E-state index is -5.00. The van der Waals surface area contributed by atoms with Gasteiger partial charge in [0.05, 0.1) is 4.90 Å². The molecule has 0 bridgehead atoms. The van der Waals surface area contributed by atoms with Crippen molar-refractivity contribution in [1.82, 2.24) is 25.1 Å². The van der Waals surface area contributed by atoms with Gasteiger partial charge in [0.2, 0.25) is 15.9 Å². The molecule has 19 heteroatoms. The third kappa shape index (κ3) is 9.67. The molecule has 0 radical (unpaired) electrons. The second-order valence-electron chi connectivity index (χ2n) is 10.4. The van der Waals surface area contributed by atoms with Gasteiger partial charge in [-0.2, -0.15) is 4.31 Å². The highest BCUT2D eigenvalue weighted by atomic mass is 32.2. The van der Waals surface area contributed by atoms with Gasteiger partial charge in [-0.05, 0) is 67.9 Å². The fraction of sp³-hybridized carbons (Fsp3) is 0.357. The van der Waals surface area contributed by atoms with Crippen molar-refractivity contribution in [2.24, 2.45) is 0 Å². The first kappa shape index (κ1) is 35.2. The first-order chi connectivity index (χ1) is 21.9. The lowest BCUT2D eigenvalue weighted by Gasteiger charge is -2.40. The summed E-state index contributed by atoms with van der Waals surface area (Å²) >= 11 is 0. The van der Waals surface area contributed by atoms with Crippen molar-refractivity contribution in [2.75, 3.05) is 24.5 Å². The molecule has 0 saturated carbocycles. The molecule has 47 heavy (non-hydrogen) atoms. The van der Waals surface area contributed by atoms with E-state index in [-0.39, 0.29) is 43.7 Å². The molecule has 254 valence electrons. The van der Waals surface area contributed by atoms with Crippen LogP contribution in [-0.4, -0.2) is 79.2 Å². The van der Waals surface area contributed by atoms with Gasteiger partial charge in [-0.15, -0.1) is 36.5 Å². The fourth-order valence-corrected chi connectivity index (χ4v) is 6.06. The number of amides is 2. The monoisotopic (exact) mass is 690 g/mol. The van der Waals surface area contributed by atoms with E-state index in [4.69, 9.17) is 0 Å². The van der Waals surface area contributed by atoms with Crippen LogP contribution in [0.2, 0.25) is 0 Å². The van der Waals surface area contributed by atoms with Crippen LogP contribution in [0.3, 0.4) is 0 Å². The first-order valence-electron chi connectivity index (χ1n) is 13.8. The third-order valence-corrected chi connectivity index (χ3v) is 8.47. The number of hydrogen-bond donors (Lipinski definition) is 2. The van der Waals surface area contributed by atoms with Gasteiger partial charge in [0.25, 0.3) is 5.91 Å². The molecule has 12 nitrogen and oxygen atoms in total. The van der Waals surface area contributed by atoms with Crippen LogP contribution in [0.25, 0.3) is 0 Å². The number of piperazine rings is 1. The van der Waals surface area contributed by atoms with Crippen LogP contribution in [0.4, 0.5) is 32.2 Å². The molecule has 1 aromatic heterocycles. The van der Waals surface area contributed by atoms with Gasteiger partial charge in [-0.25, -0.2) is 8.42 Å². The summed E-state index contributed by atoms with van der Waals surface area (Å²) < 4.78 is 111. The molecular formula is C28H28F6N6O6S. The zero-order valence-corrected chi connectivity index (χ0v) is 25.5. The maximum absolute atomic E-state index is 13.7. The molecule has 2 N–H and O–H groups in total. The number of alkyl halides is 6. The van der Waals surface area contributed by atoms with Crippen molar-refractivity contribution in [3.05, 3.63) is 71.9 Å². The molecule has 2 amide bonds. The van der Waals surface area contributed by atoms with E-state index < -0.39 is 57.0 Å². The predicted octanol–water partition coefficient (Wildman–Crippen LogP) is 3.61. The minimum absolute atomic E-state index is 0.0190. The molecule has 1 aliphatic rings. The molecule has 0 aliphatic carbocycles. The van der Waals surface area contributed by atoms with Crippen LogP contribution in [-0.2, 0) is 21.4 Å². The lowest BCUT2D eigenvalue weighted by molar-refractivity contribution is -0.275. The van der Waals surface area contributed by atoms with Crippen molar-refractivity contribution < 1.29 is 53.8 Å². The average Bonchev–Trinajstić information content (AvgIpc) is 2.98. The maximum atomic E-state index is 13.7. The van der Waals surface area contributed by atoms with E-state index in [1.54, 1.807) is 18.7 Å². The van der Waals surface area contributed by atoms with E-state index >= 15 is 0 Å². The zero-order valence-electron chi connectivity index (χ0n) is 24.7. The molecule has 1 aliphatic heterocycles.